The fraction of sp³-hybridized carbons (Fsp3) is 0.278. The van der Waals surface area contributed by atoms with E-state index >= 15 is 0 Å². The monoisotopic (exact) mass is 339 g/mol. The summed E-state index contributed by atoms with van der Waals surface area (Å²) in [5, 5.41) is 12.7. The van der Waals surface area contributed by atoms with Crippen LogP contribution in [0.2, 0.25) is 0 Å². The summed E-state index contributed by atoms with van der Waals surface area (Å²) in [6, 6.07) is 11.0. The minimum atomic E-state index is -0.272. The van der Waals surface area contributed by atoms with Crippen LogP contribution in [-0.2, 0) is 0 Å². The molecule has 0 spiro atoms. The van der Waals surface area contributed by atoms with Gasteiger partial charge >= 0.3 is 0 Å². The van der Waals surface area contributed by atoms with Crippen molar-refractivity contribution in [3.05, 3.63) is 59.4 Å². The minimum absolute atomic E-state index is 0.123. The van der Waals surface area contributed by atoms with Crippen LogP contribution in [0.3, 0.4) is 0 Å². The van der Waals surface area contributed by atoms with E-state index in [1.165, 1.54) is 11.3 Å². The Morgan fingerprint density at radius 3 is 2.88 bits per heavy atom. The molecular weight excluding hydrogens is 322 g/mol. The second kappa shape index (κ2) is 6.30. The predicted octanol–water partition coefficient (Wildman–Crippen LogP) is 2.93. The van der Waals surface area contributed by atoms with Crippen molar-refractivity contribution in [3.8, 4) is 0 Å². The van der Waals surface area contributed by atoms with Crippen LogP contribution in [0.4, 0.5) is 0 Å². The lowest BCUT2D eigenvalue weighted by Crippen LogP contribution is -2.41. The first-order chi connectivity index (χ1) is 11.7. The molecule has 1 atom stereocenters. The third kappa shape index (κ3) is 2.90. The Bertz CT molecular complexity index is 859. The molecule has 1 aliphatic carbocycles. The summed E-state index contributed by atoms with van der Waals surface area (Å²) in [4.78, 5) is 21.3. The fourth-order valence-corrected chi connectivity index (χ4v) is 3.83. The topological polar surface area (TPSA) is 75.1 Å². The third-order valence-corrected chi connectivity index (χ3v) is 5.30. The van der Waals surface area contributed by atoms with Gasteiger partial charge in [0.15, 0.2) is 0 Å². The lowest BCUT2D eigenvalue weighted by molar-refractivity contribution is 0.0228. The van der Waals surface area contributed by atoms with Gasteiger partial charge < -0.3 is 10.4 Å². The highest BCUT2D eigenvalue weighted by atomic mass is 32.1. The van der Waals surface area contributed by atoms with Crippen LogP contribution in [0.5, 0.6) is 0 Å². The summed E-state index contributed by atoms with van der Waals surface area (Å²) in [6.45, 7) is 0. The standard InChI is InChI=1S/C18H17N3O2S/c22-13-7-12(8-13)17(15-3-1-2-6-19-15)21-18(23)11-4-5-14-16(9-11)24-10-20-14/h1-6,9-10,12-13,17,22H,7-8H2,(H,21,23)/t12?,13?,17-/m0/s1. The van der Waals surface area contributed by atoms with Gasteiger partial charge in [-0.2, -0.15) is 0 Å². The Morgan fingerprint density at radius 1 is 1.25 bits per heavy atom. The first-order valence-corrected chi connectivity index (χ1v) is 8.82. The molecule has 6 heteroatoms. The average Bonchev–Trinajstić information content (AvgIpc) is 3.05. The number of aromatic nitrogens is 2. The van der Waals surface area contributed by atoms with E-state index in [-0.39, 0.29) is 24.0 Å². The molecule has 122 valence electrons. The zero-order chi connectivity index (χ0) is 16.5. The highest BCUT2D eigenvalue weighted by molar-refractivity contribution is 7.16. The molecule has 2 N–H and O–H groups in total. The van der Waals surface area contributed by atoms with E-state index in [1.54, 1.807) is 17.8 Å². The fourth-order valence-electron chi connectivity index (χ4n) is 3.12. The number of carbonyl (C=O) groups is 1. The van der Waals surface area contributed by atoms with E-state index in [9.17, 15) is 9.90 Å². The van der Waals surface area contributed by atoms with E-state index in [0.717, 1.165) is 15.9 Å². The average molecular weight is 339 g/mol. The predicted molar refractivity (Wildman–Crippen MR) is 92.8 cm³/mol. The van der Waals surface area contributed by atoms with Gasteiger partial charge in [-0.15, -0.1) is 11.3 Å². The van der Waals surface area contributed by atoms with Crippen LogP contribution in [-0.4, -0.2) is 27.1 Å². The smallest absolute Gasteiger partial charge is 0.251 e. The maximum Gasteiger partial charge on any atom is 0.251 e. The quantitative estimate of drug-likeness (QED) is 0.766. The zero-order valence-electron chi connectivity index (χ0n) is 12.9. The number of hydrogen-bond acceptors (Lipinski definition) is 5. The molecule has 1 fully saturated rings. The van der Waals surface area contributed by atoms with Gasteiger partial charge in [-0.25, -0.2) is 4.98 Å². The molecule has 3 aromatic rings. The molecule has 2 heterocycles. The summed E-state index contributed by atoms with van der Waals surface area (Å²) in [5.41, 5.74) is 4.13. The maximum absolute atomic E-state index is 12.7. The number of carbonyl (C=O) groups excluding carboxylic acids is 1. The number of fused-ring (bicyclic) bond motifs is 1. The van der Waals surface area contributed by atoms with E-state index in [1.807, 2.05) is 30.3 Å². The Kier molecular flexibility index (Phi) is 4.00. The summed E-state index contributed by atoms with van der Waals surface area (Å²) in [5.74, 6) is 0.0910. The summed E-state index contributed by atoms with van der Waals surface area (Å²) < 4.78 is 0.996. The van der Waals surface area contributed by atoms with Crippen molar-refractivity contribution in [1.29, 1.82) is 0 Å². The van der Waals surface area contributed by atoms with Crippen molar-refractivity contribution in [1.82, 2.24) is 15.3 Å². The lowest BCUT2D eigenvalue weighted by Gasteiger charge is -2.37. The third-order valence-electron chi connectivity index (χ3n) is 4.51. The molecule has 1 saturated carbocycles. The number of thiazole rings is 1. The van der Waals surface area contributed by atoms with E-state index in [2.05, 4.69) is 15.3 Å². The van der Waals surface area contributed by atoms with Gasteiger partial charge in [0.2, 0.25) is 0 Å². The molecule has 0 saturated heterocycles. The maximum atomic E-state index is 12.7. The molecule has 5 nitrogen and oxygen atoms in total. The minimum Gasteiger partial charge on any atom is -0.393 e. The van der Waals surface area contributed by atoms with Gasteiger partial charge in [0.1, 0.15) is 0 Å². The van der Waals surface area contributed by atoms with E-state index < -0.39 is 0 Å². The van der Waals surface area contributed by atoms with Crippen LogP contribution in [0.25, 0.3) is 10.2 Å². The van der Waals surface area contributed by atoms with Crippen LogP contribution in [0.1, 0.15) is 34.9 Å². The van der Waals surface area contributed by atoms with Crippen LogP contribution in [0.15, 0.2) is 48.1 Å². The largest absolute Gasteiger partial charge is 0.393 e. The second-order valence-corrected chi connectivity index (χ2v) is 7.01. The molecule has 1 aliphatic rings. The van der Waals surface area contributed by atoms with Gasteiger partial charge in [0.05, 0.1) is 33.6 Å². The molecule has 0 bridgehead atoms. The van der Waals surface area contributed by atoms with Gasteiger partial charge in [0, 0.05) is 11.8 Å². The normalized spacial score (nSPS) is 21.2. The van der Waals surface area contributed by atoms with Crippen LogP contribution >= 0.6 is 11.3 Å². The van der Waals surface area contributed by atoms with Gasteiger partial charge in [-0.05, 0) is 49.1 Å². The van der Waals surface area contributed by atoms with Crippen molar-refractivity contribution in [2.75, 3.05) is 0 Å². The van der Waals surface area contributed by atoms with Crippen molar-refractivity contribution in [2.24, 2.45) is 5.92 Å². The van der Waals surface area contributed by atoms with Crippen molar-refractivity contribution >= 4 is 27.5 Å². The number of rotatable bonds is 4. The van der Waals surface area contributed by atoms with E-state index in [0.29, 0.717) is 18.4 Å². The first-order valence-electron chi connectivity index (χ1n) is 7.94. The summed E-state index contributed by atoms with van der Waals surface area (Å²) in [7, 11) is 0. The number of aliphatic hydroxyl groups is 1. The van der Waals surface area contributed by atoms with Gasteiger partial charge in [-0.3, -0.25) is 9.78 Å². The SMILES string of the molecule is O=C(N[C@H](c1ccccn1)C1CC(O)C1)c1ccc2ncsc2c1. The van der Waals surface area contributed by atoms with Crippen LogP contribution in [0, 0.1) is 5.92 Å². The first kappa shape index (κ1) is 15.2. The van der Waals surface area contributed by atoms with Gasteiger partial charge in [-0.1, -0.05) is 6.07 Å². The number of benzene rings is 1. The molecule has 0 unspecified atom stereocenters. The molecule has 1 aromatic carbocycles. The number of nitrogens with zero attached hydrogens (tertiary/aromatic N) is 2. The van der Waals surface area contributed by atoms with E-state index in [4.69, 9.17) is 0 Å². The Balaban J connectivity index is 1.58. The van der Waals surface area contributed by atoms with Crippen LogP contribution < -0.4 is 5.32 Å². The molecule has 0 radical (unpaired) electrons. The summed E-state index contributed by atoms with van der Waals surface area (Å²) >= 11 is 1.52. The Labute approximate surface area is 143 Å². The Hall–Kier alpha value is -2.31. The van der Waals surface area contributed by atoms with Crippen molar-refractivity contribution in [3.63, 3.8) is 0 Å². The molecule has 24 heavy (non-hydrogen) atoms. The number of amides is 1. The zero-order valence-corrected chi connectivity index (χ0v) is 13.7. The molecule has 1 amide bonds. The highest BCUT2D eigenvalue weighted by Gasteiger charge is 2.36. The number of pyridine rings is 1. The van der Waals surface area contributed by atoms with Gasteiger partial charge in [0.25, 0.3) is 5.91 Å². The molecule has 4 rings (SSSR count). The molecule has 2 aromatic heterocycles. The summed E-state index contributed by atoms with van der Waals surface area (Å²) in [6.07, 6.45) is 2.84. The lowest BCUT2D eigenvalue weighted by atomic mass is 9.76. The molecule has 0 aliphatic heterocycles. The highest BCUT2D eigenvalue weighted by Crippen LogP contribution is 2.37. The number of nitrogens with one attached hydrogen (secondary N) is 1. The number of hydrogen-bond donors (Lipinski definition) is 2. The van der Waals surface area contributed by atoms with Crippen molar-refractivity contribution in [2.45, 2.75) is 25.0 Å². The second-order valence-electron chi connectivity index (χ2n) is 6.13. The van der Waals surface area contributed by atoms with Crippen molar-refractivity contribution < 1.29 is 9.90 Å². The molecular formula is C18H17N3O2S. The Morgan fingerprint density at radius 2 is 2.12 bits per heavy atom. The number of aliphatic hydroxyl groups excluding tert-OH is 1.